The quantitative estimate of drug-likeness (QED) is 0.450. The maximum absolute atomic E-state index is 16.6. The molecule has 2 aromatic carbocycles. The Hall–Kier alpha value is -4.38. The normalized spacial score (nSPS) is 24.4. The molecule has 0 bridgehead atoms. The molecule has 10 nitrogen and oxygen atoms in total. The molecule has 2 heterocycles. The molecular formula is C27H26FN3O7. The minimum absolute atomic E-state index is 0.00542. The maximum atomic E-state index is 16.6. The molecule has 4 rings (SSSR count). The van der Waals surface area contributed by atoms with Gasteiger partial charge in [0, 0.05) is 24.2 Å². The molecule has 11 heteroatoms. The lowest BCUT2D eigenvalue weighted by Gasteiger charge is -2.37. The van der Waals surface area contributed by atoms with Crippen molar-refractivity contribution < 1.29 is 33.0 Å². The molecule has 1 aliphatic rings. The second-order valence-electron chi connectivity index (χ2n) is 9.08. The van der Waals surface area contributed by atoms with Gasteiger partial charge in [0.25, 0.3) is 5.91 Å². The van der Waals surface area contributed by atoms with Crippen LogP contribution >= 0.6 is 0 Å². The SMILES string of the molecule is CC(=O)OC1(C)[C@@H](COC(=O)c2ccccc2)OC(c2c[nH]c(=O)nc2NC(=O)c2ccccc2)[C@@]1(C)F. The zero-order valence-electron chi connectivity index (χ0n) is 20.9. The molecule has 4 atom stereocenters. The fourth-order valence-corrected chi connectivity index (χ4v) is 4.31. The smallest absolute Gasteiger partial charge is 0.346 e. The number of carbonyl (C=O) groups is 3. The first-order chi connectivity index (χ1) is 18.0. The summed E-state index contributed by atoms with van der Waals surface area (Å²) >= 11 is 0. The minimum Gasteiger partial charge on any atom is -0.459 e. The molecular weight excluding hydrogens is 497 g/mol. The van der Waals surface area contributed by atoms with Crippen molar-refractivity contribution >= 4 is 23.7 Å². The Kier molecular flexibility index (Phi) is 7.40. The number of hydrogen-bond donors (Lipinski definition) is 2. The standard InChI is InChI=1S/C27H26FN3O7/c1-16(32)38-27(3)20(15-36-24(34)18-12-8-5-9-13-18)37-21(26(27,2)28)19-14-29-25(35)31-22(19)30-23(33)17-10-6-4-7-11-17/h4-14,20-21H,15H2,1-3H3,(H2,29,30,31,33,35)/t20-,21?,26-,27?/m1/s1. The fourth-order valence-electron chi connectivity index (χ4n) is 4.31. The van der Waals surface area contributed by atoms with Crippen LogP contribution in [0.1, 0.15) is 53.2 Å². The highest BCUT2D eigenvalue weighted by atomic mass is 19.1. The monoisotopic (exact) mass is 523 g/mol. The summed E-state index contributed by atoms with van der Waals surface area (Å²) in [5.74, 6) is -2.27. The zero-order chi connectivity index (χ0) is 27.5. The highest BCUT2D eigenvalue weighted by Gasteiger charge is 2.66. The molecule has 2 N–H and O–H groups in total. The molecule has 1 aromatic heterocycles. The number of amides is 1. The lowest BCUT2D eigenvalue weighted by molar-refractivity contribution is -0.175. The van der Waals surface area contributed by atoms with Crippen LogP contribution in [0.4, 0.5) is 10.2 Å². The van der Waals surface area contributed by atoms with Crippen LogP contribution in [0.15, 0.2) is 71.7 Å². The number of hydrogen-bond acceptors (Lipinski definition) is 8. The second kappa shape index (κ2) is 10.5. The Morgan fingerprint density at radius 1 is 1.05 bits per heavy atom. The van der Waals surface area contributed by atoms with Crippen LogP contribution in [0.25, 0.3) is 0 Å². The Labute approximate surface area is 217 Å². The lowest BCUT2D eigenvalue weighted by atomic mass is 9.80. The van der Waals surface area contributed by atoms with Gasteiger partial charge in [-0.2, -0.15) is 4.98 Å². The number of alkyl halides is 1. The van der Waals surface area contributed by atoms with Crippen molar-refractivity contribution in [3.8, 4) is 0 Å². The number of ether oxygens (including phenoxy) is 3. The number of halogens is 1. The van der Waals surface area contributed by atoms with Gasteiger partial charge in [-0.15, -0.1) is 0 Å². The highest BCUT2D eigenvalue weighted by molar-refractivity contribution is 6.04. The maximum Gasteiger partial charge on any atom is 0.346 e. The van der Waals surface area contributed by atoms with E-state index in [1.807, 2.05) is 0 Å². The summed E-state index contributed by atoms with van der Waals surface area (Å²) in [6.07, 6.45) is -1.56. The van der Waals surface area contributed by atoms with E-state index >= 15 is 4.39 Å². The molecule has 3 aromatic rings. The van der Waals surface area contributed by atoms with Crippen LogP contribution in [-0.4, -0.2) is 51.8 Å². The predicted octanol–water partition coefficient (Wildman–Crippen LogP) is 3.37. The average Bonchev–Trinajstić information content (AvgIpc) is 3.08. The van der Waals surface area contributed by atoms with E-state index in [2.05, 4.69) is 15.3 Å². The van der Waals surface area contributed by atoms with Gasteiger partial charge in [0.1, 0.15) is 24.6 Å². The number of nitrogens with zero attached hydrogens (tertiary/aromatic N) is 1. The Morgan fingerprint density at radius 2 is 1.66 bits per heavy atom. The van der Waals surface area contributed by atoms with Gasteiger partial charge in [-0.25, -0.2) is 14.0 Å². The summed E-state index contributed by atoms with van der Waals surface area (Å²) in [6.45, 7) is 3.16. The predicted molar refractivity (Wildman–Crippen MR) is 133 cm³/mol. The van der Waals surface area contributed by atoms with E-state index < -0.39 is 53.6 Å². The summed E-state index contributed by atoms with van der Waals surface area (Å²) in [7, 11) is 0. The van der Waals surface area contributed by atoms with Crippen LogP contribution in [0.2, 0.25) is 0 Å². The number of esters is 2. The summed E-state index contributed by atoms with van der Waals surface area (Å²) in [6, 6.07) is 16.3. The first-order valence-electron chi connectivity index (χ1n) is 11.7. The number of rotatable bonds is 7. The third-order valence-corrected chi connectivity index (χ3v) is 6.50. The molecule has 0 spiro atoms. The van der Waals surface area contributed by atoms with Gasteiger partial charge in [-0.05, 0) is 38.1 Å². The summed E-state index contributed by atoms with van der Waals surface area (Å²) in [5.41, 5.74) is -4.58. The van der Waals surface area contributed by atoms with Crippen LogP contribution in [0, 0.1) is 0 Å². The lowest BCUT2D eigenvalue weighted by Crippen LogP contribution is -2.54. The number of aromatic nitrogens is 2. The molecule has 0 radical (unpaired) electrons. The van der Waals surface area contributed by atoms with Gasteiger partial charge in [0.2, 0.25) is 0 Å². The Balaban J connectivity index is 1.67. The number of anilines is 1. The average molecular weight is 524 g/mol. The first-order valence-corrected chi connectivity index (χ1v) is 11.7. The number of H-pyrrole nitrogens is 1. The van der Waals surface area contributed by atoms with Crippen molar-refractivity contribution in [1.29, 1.82) is 0 Å². The second-order valence-corrected chi connectivity index (χ2v) is 9.08. The summed E-state index contributed by atoms with van der Waals surface area (Å²) < 4.78 is 33.4. The van der Waals surface area contributed by atoms with Gasteiger partial charge in [0.05, 0.1) is 5.56 Å². The van der Waals surface area contributed by atoms with Crippen molar-refractivity contribution in [3.63, 3.8) is 0 Å². The van der Waals surface area contributed by atoms with Gasteiger partial charge in [0.15, 0.2) is 11.3 Å². The van der Waals surface area contributed by atoms with E-state index in [1.165, 1.54) is 13.1 Å². The molecule has 1 aliphatic heterocycles. The van der Waals surface area contributed by atoms with E-state index in [4.69, 9.17) is 14.2 Å². The molecule has 38 heavy (non-hydrogen) atoms. The van der Waals surface area contributed by atoms with Crippen molar-refractivity contribution in [1.82, 2.24) is 9.97 Å². The number of carbonyl (C=O) groups excluding carboxylic acids is 3. The van der Waals surface area contributed by atoms with Gasteiger partial charge in [-0.1, -0.05) is 36.4 Å². The van der Waals surface area contributed by atoms with Crippen molar-refractivity contribution in [2.45, 2.75) is 44.2 Å². The summed E-state index contributed by atoms with van der Waals surface area (Å²) in [4.78, 5) is 55.5. The summed E-state index contributed by atoms with van der Waals surface area (Å²) in [5, 5.41) is 2.53. The molecule has 198 valence electrons. The first kappa shape index (κ1) is 26.7. The van der Waals surface area contributed by atoms with Crippen LogP contribution in [0.5, 0.6) is 0 Å². The van der Waals surface area contributed by atoms with Crippen LogP contribution < -0.4 is 11.0 Å². The Morgan fingerprint density at radius 3 is 2.26 bits per heavy atom. The topological polar surface area (TPSA) is 137 Å². The zero-order valence-corrected chi connectivity index (χ0v) is 20.9. The fraction of sp³-hybridized carbons (Fsp3) is 0.296. The highest BCUT2D eigenvalue weighted by Crippen LogP contribution is 2.53. The van der Waals surface area contributed by atoms with E-state index in [0.29, 0.717) is 0 Å². The van der Waals surface area contributed by atoms with Crippen LogP contribution in [0.3, 0.4) is 0 Å². The van der Waals surface area contributed by atoms with Crippen molar-refractivity contribution in [3.05, 3.63) is 94.0 Å². The number of aromatic amines is 1. The molecule has 2 unspecified atom stereocenters. The van der Waals surface area contributed by atoms with E-state index in [-0.39, 0.29) is 22.5 Å². The van der Waals surface area contributed by atoms with Crippen molar-refractivity contribution in [2.75, 3.05) is 11.9 Å². The number of benzene rings is 2. The van der Waals surface area contributed by atoms with Gasteiger partial charge >= 0.3 is 17.6 Å². The largest absolute Gasteiger partial charge is 0.459 e. The Bertz CT molecular complexity index is 1390. The van der Waals surface area contributed by atoms with Gasteiger partial charge in [-0.3, -0.25) is 9.59 Å². The molecule has 0 aliphatic carbocycles. The molecule has 1 fully saturated rings. The van der Waals surface area contributed by atoms with E-state index in [1.54, 1.807) is 60.7 Å². The minimum atomic E-state index is -2.42. The van der Waals surface area contributed by atoms with Crippen LogP contribution in [-0.2, 0) is 19.0 Å². The number of nitrogens with one attached hydrogen (secondary N) is 2. The van der Waals surface area contributed by atoms with E-state index in [0.717, 1.165) is 13.8 Å². The molecule has 0 saturated carbocycles. The third-order valence-electron chi connectivity index (χ3n) is 6.50. The van der Waals surface area contributed by atoms with Crippen molar-refractivity contribution in [2.24, 2.45) is 0 Å². The molecule has 1 amide bonds. The van der Waals surface area contributed by atoms with Gasteiger partial charge < -0.3 is 24.5 Å². The van der Waals surface area contributed by atoms with E-state index in [9.17, 15) is 19.2 Å². The molecule has 1 saturated heterocycles. The third kappa shape index (κ3) is 5.18.